The second-order valence-corrected chi connectivity index (χ2v) is 6.46. The fourth-order valence-electron chi connectivity index (χ4n) is 3.54. The summed E-state index contributed by atoms with van der Waals surface area (Å²) in [4.78, 5) is 14.4. The number of aromatic amines is 1. The molecule has 1 aromatic heterocycles. The molecule has 1 unspecified atom stereocenters. The van der Waals surface area contributed by atoms with Gasteiger partial charge in [-0.1, -0.05) is 17.4 Å². The zero-order valence-electron chi connectivity index (χ0n) is 10.1. The Labute approximate surface area is 113 Å². The van der Waals surface area contributed by atoms with Gasteiger partial charge in [-0.25, -0.2) is 0 Å². The van der Waals surface area contributed by atoms with Crippen molar-refractivity contribution in [3.63, 3.8) is 0 Å². The zero-order chi connectivity index (χ0) is 13.1. The van der Waals surface area contributed by atoms with E-state index < -0.39 is 0 Å². The summed E-state index contributed by atoms with van der Waals surface area (Å²) in [6.45, 7) is 0. The maximum absolute atomic E-state index is 11.4. The molecule has 5 heteroatoms. The lowest BCUT2D eigenvalue weighted by atomic mass is 9.57. The smallest absolute Gasteiger partial charge is 0.307 e. The summed E-state index contributed by atoms with van der Waals surface area (Å²) in [6.07, 6.45) is 2.15. The van der Waals surface area contributed by atoms with E-state index in [1.807, 2.05) is 12.1 Å². The number of benzene rings is 1. The Hall–Kier alpha value is -1.75. The predicted octanol–water partition coefficient (Wildman–Crippen LogP) is 2.49. The van der Waals surface area contributed by atoms with E-state index >= 15 is 0 Å². The molecule has 1 aromatic carbocycles. The van der Waals surface area contributed by atoms with E-state index in [1.54, 1.807) is 6.07 Å². The molecule has 0 saturated heterocycles. The summed E-state index contributed by atoms with van der Waals surface area (Å²) in [5, 5.41) is 19.5. The highest BCUT2D eigenvalue weighted by atomic mass is 32.1. The van der Waals surface area contributed by atoms with Crippen molar-refractivity contribution >= 4 is 11.3 Å². The number of phenols is 1. The summed E-state index contributed by atoms with van der Waals surface area (Å²) in [5.41, 5.74) is 2.32. The molecule has 1 heterocycles. The number of phenolic OH excluding ortho intramolecular Hbond substituents is 1. The van der Waals surface area contributed by atoms with Gasteiger partial charge in [0.15, 0.2) is 0 Å². The molecule has 0 amide bonds. The highest BCUT2D eigenvalue weighted by molar-refractivity contribution is 7.09. The Kier molecular flexibility index (Phi) is 2.12. The van der Waals surface area contributed by atoms with Crippen LogP contribution in [0.15, 0.2) is 23.0 Å². The molecule has 19 heavy (non-hydrogen) atoms. The van der Waals surface area contributed by atoms with Gasteiger partial charge in [-0.15, -0.1) is 0 Å². The maximum Gasteiger partial charge on any atom is 0.307 e. The molecule has 98 valence electrons. The van der Waals surface area contributed by atoms with Crippen molar-refractivity contribution in [3.8, 4) is 11.6 Å². The van der Waals surface area contributed by atoms with Crippen LogP contribution in [0.3, 0.4) is 0 Å². The lowest BCUT2D eigenvalue weighted by Crippen LogP contribution is -2.34. The average molecular weight is 275 g/mol. The van der Waals surface area contributed by atoms with Gasteiger partial charge in [0.25, 0.3) is 0 Å². The normalized spacial score (nSPS) is 27.7. The van der Waals surface area contributed by atoms with Gasteiger partial charge in [-0.05, 0) is 47.9 Å². The lowest BCUT2D eigenvalue weighted by Gasteiger charge is -2.47. The van der Waals surface area contributed by atoms with Gasteiger partial charge in [0.2, 0.25) is 5.88 Å². The first-order valence-electron chi connectivity index (χ1n) is 6.38. The fraction of sp³-hybridized carbons (Fsp3) is 0.357. The van der Waals surface area contributed by atoms with Gasteiger partial charge in [-0.2, -0.15) is 0 Å². The number of nitrogens with one attached hydrogen (secondary N) is 1. The SMILES string of the molecule is O=c1[nH]c(O)c(C2c3ccc(O)cc3C3CC2C3)s1. The van der Waals surface area contributed by atoms with E-state index in [9.17, 15) is 15.0 Å². The number of aromatic nitrogens is 1. The molecule has 0 radical (unpaired) electrons. The molecule has 0 aliphatic heterocycles. The summed E-state index contributed by atoms with van der Waals surface area (Å²) < 4.78 is 0. The average Bonchev–Trinajstić information content (AvgIpc) is 2.65. The Morgan fingerprint density at radius 2 is 2.00 bits per heavy atom. The molecular weight excluding hydrogens is 262 g/mol. The maximum atomic E-state index is 11.4. The first-order chi connectivity index (χ1) is 9.13. The summed E-state index contributed by atoms with van der Waals surface area (Å²) in [6, 6.07) is 5.44. The molecule has 2 aromatic rings. The largest absolute Gasteiger partial charge is 0.508 e. The minimum absolute atomic E-state index is 0.00405. The van der Waals surface area contributed by atoms with E-state index in [-0.39, 0.29) is 22.4 Å². The van der Waals surface area contributed by atoms with E-state index in [0.717, 1.165) is 34.6 Å². The molecule has 1 saturated carbocycles. The van der Waals surface area contributed by atoms with Crippen LogP contribution in [-0.2, 0) is 0 Å². The van der Waals surface area contributed by atoms with E-state index in [4.69, 9.17) is 0 Å². The first-order valence-corrected chi connectivity index (χ1v) is 7.20. The van der Waals surface area contributed by atoms with E-state index in [0.29, 0.717) is 11.8 Å². The van der Waals surface area contributed by atoms with Crippen LogP contribution in [0.2, 0.25) is 0 Å². The molecule has 0 spiro atoms. The fourth-order valence-corrected chi connectivity index (χ4v) is 4.48. The number of rotatable bonds is 1. The van der Waals surface area contributed by atoms with Gasteiger partial charge in [-0.3, -0.25) is 9.78 Å². The van der Waals surface area contributed by atoms with Crippen LogP contribution in [0.25, 0.3) is 0 Å². The second-order valence-electron chi connectivity index (χ2n) is 5.45. The summed E-state index contributed by atoms with van der Waals surface area (Å²) in [7, 11) is 0. The molecule has 3 aliphatic carbocycles. The number of H-pyrrole nitrogens is 1. The van der Waals surface area contributed by atoms with Crippen LogP contribution in [0.5, 0.6) is 11.6 Å². The summed E-state index contributed by atoms with van der Waals surface area (Å²) >= 11 is 1.09. The third kappa shape index (κ3) is 1.48. The van der Waals surface area contributed by atoms with Crippen LogP contribution < -0.4 is 4.87 Å². The second kappa shape index (κ2) is 3.63. The van der Waals surface area contributed by atoms with Gasteiger partial charge in [0.05, 0.1) is 4.88 Å². The van der Waals surface area contributed by atoms with E-state index in [1.165, 1.54) is 5.56 Å². The molecule has 3 aliphatic rings. The minimum Gasteiger partial charge on any atom is -0.508 e. The van der Waals surface area contributed by atoms with Gasteiger partial charge in [0.1, 0.15) is 5.75 Å². The molecule has 3 N–H and O–H groups in total. The first kappa shape index (κ1) is 11.1. The van der Waals surface area contributed by atoms with Crippen LogP contribution >= 0.6 is 11.3 Å². The molecule has 2 bridgehead atoms. The molecular formula is C14H13NO3S. The number of aromatic hydroxyl groups is 2. The van der Waals surface area contributed by atoms with Crippen molar-refractivity contribution in [2.24, 2.45) is 5.92 Å². The van der Waals surface area contributed by atoms with Crippen molar-refractivity contribution in [3.05, 3.63) is 43.9 Å². The lowest BCUT2D eigenvalue weighted by molar-refractivity contribution is 0.210. The monoisotopic (exact) mass is 275 g/mol. The molecule has 1 fully saturated rings. The molecule has 5 rings (SSSR count). The standard InChI is InChI=1S/C14H13NO3S/c16-8-1-2-9-10(5-8)6-3-7(4-6)11(9)12-13(17)15-14(18)19-12/h1-2,5-7,11,16-17H,3-4H2,(H,15,18). The van der Waals surface area contributed by atoms with Crippen molar-refractivity contribution in [2.75, 3.05) is 0 Å². The summed E-state index contributed by atoms with van der Waals surface area (Å²) in [5.74, 6) is 1.41. The molecule has 4 nitrogen and oxygen atoms in total. The van der Waals surface area contributed by atoms with Gasteiger partial charge in [0, 0.05) is 5.92 Å². The Morgan fingerprint density at radius 3 is 2.68 bits per heavy atom. The van der Waals surface area contributed by atoms with Crippen molar-refractivity contribution in [1.82, 2.24) is 4.98 Å². The topological polar surface area (TPSA) is 73.3 Å². The van der Waals surface area contributed by atoms with Crippen LogP contribution in [0.4, 0.5) is 0 Å². The Balaban J connectivity index is 1.91. The highest BCUT2D eigenvalue weighted by Crippen LogP contribution is 2.59. The Bertz CT molecular complexity index is 712. The minimum atomic E-state index is -0.214. The van der Waals surface area contributed by atoms with Crippen molar-refractivity contribution in [1.29, 1.82) is 0 Å². The highest BCUT2D eigenvalue weighted by Gasteiger charge is 2.45. The van der Waals surface area contributed by atoms with Crippen molar-refractivity contribution < 1.29 is 10.2 Å². The van der Waals surface area contributed by atoms with Crippen molar-refractivity contribution in [2.45, 2.75) is 24.7 Å². The van der Waals surface area contributed by atoms with Crippen LogP contribution in [0, 0.1) is 5.92 Å². The third-order valence-electron chi connectivity index (χ3n) is 4.43. The third-order valence-corrected chi connectivity index (χ3v) is 5.38. The van der Waals surface area contributed by atoms with Gasteiger partial charge >= 0.3 is 4.87 Å². The quantitative estimate of drug-likeness (QED) is 0.748. The van der Waals surface area contributed by atoms with Crippen LogP contribution in [-0.4, -0.2) is 15.2 Å². The number of thiazole rings is 1. The van der Waals surface area contributed by atoms with Gasteiger partial charge < -0.3 is 10.2 Å². The molecule has 1 atom stereocenters. The predicted molar refractivity (Wildman–Crippen MR) is 72.0 cm³/mol. The van der Waals surface area contributed by atoms with E-state index in [2.05, 4.69) is 4.98 Å². The van der Waals surface area contributed by atoms with Crippen LogP contribution in [0.1, 0.15) is 40.7 Å². The number of hydrogen-bond donors (Lipinski definition) is 3. The zero-order valence-corrected chi connectivity index (χ0v) is 10.9. The Morgan fingerprint density at radius 1 is 1.21 bits per heavy atom. The number of hydrogen-bond acceptors (Lipinski definition) is 4.